The molecule has 160 valence electrons. The van der Waals surface area contributed by atoms with Gasteiger partial charge in [0.25, 0.3) is 5.91 Å². The molecule has 0 unspecified atom stereocenters. The Morgan fingerprint density at radius 2 is 1.97 bits per heavy atom. The normalized spacial score (nSPS) is 19.1. The van der Waals surface area contributed by atoms with Gasteiger partial charge in [0.05, 0.1) is 12.0 Å². The second-order valence-corrected chi connectivity index (χ2v) is 8.99. The van der Waals surface area contributed by atoms with E-state index in [9.17, 15) is 14.4 Å². The number of anilines is 1. The molecule has 1 N–H and O–H groups in total. The van der Waals surface area contributed by atoms with Gasteiger partial charge in [-0.3, -0.25) is 14.4 Å². The summed E-state index contributed by atoms with van der Waals surface area (Å²) < 4.78 is 5.36. The number of thiophene rings is 1. The van der Waals surface area contributed by atoms with Crippen molar-refractivity contribution in [1.82, 2.24) is 5.32 Å². The number of hydrogen-bond acceptors (Lipinski definition) is 5. The number of amides is 2. The van der Waals surface area contributed by atoms with Crippen molar-refractivity contribution in [3.63, 3.8) is 0 Å². The Morgan fingerprint density at radius 1 is 1.23 bits per heavy atom. The number of nitrogens with one attached hydrogen (secondary N) is 1. The van der Waals surface area contributed by atoms with E-state index in [-0.39, 0.29) is 24.8 Å². The summed E-state index contributed by atoms with van der Waals surface area (Å²) in [6, 6.07) is 11.1. The molecule has 0 spiro atoms. The quantitative estimate of drug-likeness (QED) is 0.680. The zero-order valence-corrected chi connectivity index (χ0v) is 18.4. The van der Waals surface area contributed by atoms with Crippen molar-refractivity contribution in [2.45, 2.75) is 39.7 Å². The van der Waals surface area contributed by atoms with E-state index in [0.29, 0.717) is 18.9 Å². The van der Waals surface area contributed by atoms with Gasteiger partial charge in [0.1, 0.15) is 0 Å². The summed E-state index contributed by atoms with van der Waals surface area (Å²) in [4.78, 5) is 40.4. The van der Waals surface area contributed by atoms with Crippen LogP contribution in [-0.2, 0) is 19.1 Å². The van der Waals surface area contributed by atoms with Crippen LogP contribution in [0.25, 0.3) is 0 Å². The van der Waals surface area contributed by atoms with E-state index in [2.05, 4.69) is 5.32 Å². The monoisotopic (exact) mass is 428 g/mol. The number of aryl methyl sites for hydroxylation is 1. The Labute approximate surface area is 181 Å². The van der Waals surface area contributed by atoms with Crippen LogP contribution in [0.4, 0.5) is 5.69 Å². The number of hydrogen-bond donors (Lipinski definition) is 1. The summed E-state index contributed by atoms with van der Waals surface area (Å²) >= 11 is 1.51. The van der Waals surface area contributed by atoms with Crippen LogP contribution in [0, 0.1) is 18.8 Å². The molecule has 0 bridgehead atoms. The van der Waals surface area contributed by atoms with E-state index in [0.717, 1.165) is 16.1 Å². The Kier molecular flexibility index (Phi) is 7.26. The standard InChI is InChI=1S/C23H28N2O4S/c1-15(2)13-24-20(26)14-29-23(28)18-10-11-21(27)25(17-8-6-16(3)7-9-17)22(18)19-5-4-12-30-19/h4-9,12,15,18,22H,10-11,13-14H2,1-3H3,(H,24,26)/t18-,22+/m0/s1. The summed E-state index contributed by atoms with van der Waals surface area (Å²) in [5.41, 5.74) is 1.86. The second kappa shape index (κ2) is 9.89. The summed E-state index contributed by atoms with van der Waals surface area (Å²) in [5, 5.41) is 4.68. The molecule has 0 saturated carbocycles. The van der Waals surface area contributed by atoms with Gasteiger partial charge in [-0.2, -0.15) is 0 Å². The first kappa shape index (κ1) is 22.0. The van der Waals surface area contributed by atoms with E-state index in [1.54, 1.807) is 4.90 Å². The Bertz CT molecular complexity index is 877. The van der Waals surface area contributed by atoms with Crippen LogP contribution in [0.15, 0.2) is 41.8 Å². The molecule has 0 radical (unpaired) electrons. The lowest BCUT2D eigenvalue weighted by Gasteiger charge is -2.39. The van der Waals surface area contributed by atoms with E-state index in [4.69, 9.17) is 4.74 Å². The maximum Gasteiger partial charge on any atom is 0.311 e. The predicted octanol–water partition coefficient (Wildman–Crippen LogP) is 3.86. The van der Waals surface area contributed by atoms with Crippen molar-refractivity contribution < 1.29 is 19.1 Å². The number of ether oxygens (including phenoxy) is 1. The van der Waals surface area contributed by atoms with Crippen molar-refractivity contribution in [3.8, 4) is 0 Å². The second-order valence-electron chi connectivity index (χ2n) is 8.01. The molecule has 2 heterocycles. The van der Waals surface area contributed by atoms with Crippen LogP contribution in [-0.4, -0.2) is 30.9 Å². The third-order valence-electron chi connectivity index (χ3n) is 5.10. The topological polar surface area (TPSA) is 75.7 Å². The zero-order valence-electron chi connectivity index (χ0n) is 17.6. The van der Waals surface area contributed by atoms with Crippen LogP contribution in [0.3, 0.4) is 0 Å². The number of rotatable bonds is 7. The van der Waals surface area contributed by atoms with Gasteiger partial charge in [0.2, 0.25) is 5.91 Å². The maximum atomic E-state index is 12.9. The molecule has 0 aliphatic carbocycles. The predicted molar refractivity (Wildman–Crippen MR) is 117 cm³/mol. The molecule has 1 aliphatic rings. The molecule has 1 aromatic carbocycles. The van der Waals surface area contributed by atoms with Crippen LogP contribution >= 0.6 is 11.3 Å². The highest BCUT2D eigenvalue weighted by atomic mass is 32.1. The van der Waals surface area contributed by atoms with Crippen molar-refractivity contribution in [3.05, 3.63) is 52.2 Å². The van der Waals surface area contributed by atoms with Gasteiger partial charge in [0.15, 0.2) is 6.61 Å². The highest BCUT2D eigenvalue weighted by molar-refractivity contribution is 7.10. The van der Waals surface area contributed by atoms with Gasteiger partial charge in [0, 0.05) is 23.5 Å². The minimum Gasteiger partial charge on any atom is -0.455 e. The minimum atomic E-state index is -0.527. The van der Waals surface area contributed by atoms with E-state index >= 15 is 0 Å². The third kappa shape index (κ3) is 5.27. The molecule has 2 amide bonds. The smallest absolute Gasteiger partial charge is 0.311 e. The highest BCUT2D eigenvalue weighted by Gasteiger charge is 2.42. The highest BCUT2D eigenvalue weighted by Crippen LogP contribution is 2.42. The average Bonchev–Trinajstić information content (AvgIpc) is 3.25. The molecule has 1 fully saturated rings. The van der Waals surface area contributed by atoms with Gasteiger partial charge >= 0.3 is 5.97 Å². The number of carbonyl (C=O) groups is 3. The molecule has 1 aromatic heterocycles. The van der Waals surface area contributed by atoms with Gasteiger partial charge in [-0.05, 0) is 42.8 Å². The molecule has 1 saturated heterocycles. The first-order chi connectivity index (χ1) is 14.4. The summed E-state index contributed by atoms with van der Waals surface area (Å²) in [7, 11) is 0. The van der Waals surface area contributed by atoms with Crippen LogP contribution in [0.1, 0.15) is 43.2 Å². The number of carbonyl (C=O) groups excluding carboxylic acids is 3. The Balaban J connectivity index is 1.80. The molecule has 7 heteroatoms. The van der Waals surface area contributed by atoms with Crippen LogP contribution in [0.2, 0.25) is 0 Å². The van der Waals surface area contributed by atoms with Crippen molar-refractivity contribution >= 4 is 34.8 Å². The lowest BCUT2D eigenvalue weighted by Crippen LogP contribution is -2.46. The summed E-state index contributed by atoms with van der Waals surface area (Å²) in [5.74, 6) is -0.985. The van der Waals surface area contributed by atoms with E-state index in [1.165, 1.54) is 11.3 Å². The minimum absolute atomic E-state index is 0.0176. The molecule has 2 atom stereocenters. The lowest BCUT2D eigenvalue weighted by molar-refractivity contribution is -0.154. The van der Waals surface area contributed by atoms with Crippen LogP contribution < -0.4 is 10.2 Å². The summed E-state index contributed by atoms with van der Waals surface area (Å²) in [6.45, 7) is 6.21. The van der Waals surface area contributed by atoms with Gasteiger partial charge in [-0.25, -0.2) is 0 Å². The fourth-order valence-corrected chi connectivity index (χ4v) is 4.43. The van der Waals surface area contributed by atoms with Gasteiger partial charge in [-0.1, -0.05) is 37.6 Å². The third-order valence-corrected chi connectivity index (χ3v) is 6.04. The van der Waals surface area contributed by atoms with Gasteiger partial charge < -0.3 is 15.0 Å². The Hall–Kier alpha value is -2.67. The average molecular weight is 429 g/mol. The largest absolute Gasteiger partial charge is 0.455 e. The van der Waals surface area contributed by atoms with Crippen molar-refractivity contribution in [1.29, 1.82) is 0 Å². The first-order valence-corrected chi connectivity index (χ1v) is 11.1. The van der Waals surface area contributed by atoms with Gasteiger partial charge in [-0.15, -0.1) is 11.3 Å². The van der Waals surface area contributed by atoms with Crippen molar-refractivity contribution in [2.24, 2.45) is 11.8 Å². The van der Waals surface area contributed by atoms with Crippen LogP contribution in [0.5, 0.6) is 0 Å². The molecule has 6 nitrogen and oxygen atoms in total. The SMILES string of the molecule is Cc1ccc(N2C(=O)CC[C@H](C(=O)OCC(=O)NCC(C)C)[C@@H]2c2cccs2)cc1. The number of nitrogens with zero attached hydrogens (tertiary/aromatic N) is 1. The number of piperidine rings is 1. The summed E-state index contributed by atoms with van der Waals surface area (Å²) in [6.07, 6.45) is 0.658. The van der Waals surface area contributed by atoms with E-state index < -0.39 is 17.9 Å². The number of esters is 1. The number of benzene rings is 1. The molecule has 1 aliphatic heterocycles. The fraction of sp³-hybridized carbons (Fsp3) is 0.435. The first-order valence-electron chi connectivity index (χ1n) is 10.2. The maximum absolute atomic E-state index is 12.9. The molecular weight excluding hydrogens is 400 g/mol. The molecule has 2 aromatic rings. The Morgan fingerprint density at radius 3 is 2.60 bits per heavy atom. The molecular formula is C23H28N2O4S. The fourth-order valence-electron chi connectivity index (χ4n) is 3.55. The molecule has 3 rings (SSSR count). The van der Waals surface area contributed by atoms with E-state index in [1.807, 2.05) is 62.5 Å². The van der Waals surface area contributed by atoms with Crippen molar-refractivity contribution in [2.75, 3.05) is 18.1 Å². The lowest BCUT2D eigenvalue weighted by atomic mass is 9.87. The molecule has 30 heavy (non-hydrogen) atoms. The zero-order chi connectivity index (χ0) is 21.7.